The topological polar surface area (TPSA) is 58.4 Å². The van der Waals surface area contributed by atoms with Crippen LogP contribution in [-0.2, 0) is 4.79 Å². The lowest BCUT2D eigenvalue weighted by Crippen LogP contribution is -2.50. The highest BCUT2D eigenvalue weighted by Gasteiger charge is 2.34. The Balaban J connectivity index is 1.50. The molecule has 1 unspecified atom stereocenters. The van der Waals surface area contributed by atoms with Gasteiger partial charge in [-0.25, -0.2) is 0 Å². The summed E-state index contributed by atoms with van der Waals surface area (Å²) in [7, 11) is 0. The number of piperidine rings is 1. The van der Waals surface area contributed by atoms with Crippen molar-refractivity contribution in [3.8, 4) is 0 Å². The molecule has 0 bridgehead atoms. The molecule has 130 valence electrons. The average molecular weight is 330 g/mol. The maximum absolute atomic E-state index is 13.2. The van der Waals surface area contributed by atoms with Gasteiger partial charge in [-0.1, -0.05) is 0 Å². The molecule has 6 heteroatoms. The summed E-state index contributed by atoms with van der Waals surface area (Å²) in [4.78, 5) is 29.1. The van der Waals surface area contributed by atoms with Crippen molar-refractivity contribution < 1.29 is 9.59 Å². The van der Waals surface area contributed by atoms with Gasteiger partial charge in [-0.05, 0) is 51.0 Å². The van der Waals surface area contributed by atoms with Crippen LogP contribution in [-0.4, -0.2) is 57.1 Å². The second-order valence-corrected chi connectivity index (χ2v) is 7.34. The van der Waals surface area contributed by atoms with Gasteiger partial charge in [-0.3, -0.25) is 14.3 Å². The zero-order chi connectivity index (χ0) is 16.5. The van der Waals surface area contributed by atoms with Crippen molar-refractivity contribution in [2.45, 2.75) is 63.5 Å². The molecule has 2 aliphatic heterocycles. The third-order valence-corrected chi connectivity index (χ3v) is 5.80. The molecule has 1 aliphatic carbocycles. The molecule has 2 saturated heterocycles. The van der Waals surface area contributed by atoms with E-state index in [0.29, 0.717) is 19.0 Å². The molecule has 3 heterocycles. The lowest BCUT2D eigenvalue weighted by atomic mass is 9.93. The van der Waals surface area contributed by atoms with E-state index in [0.717, 1.165) is 57.3 Å². The first-order chi connectivity index (χ1) is 11.7. The molecule has 2 amide bonds. The summed E-state index contributed by atoms with van der Waals surface area (Å²) in [5.74, 6) is 0.336. The van der Waals surface area contributed by atoms with Gasteiger partial charge in [-0.2, -0.15) is 5.10 Å². The van der Waals surface area contributed by atoms with Crippen molar-refractivity contribution in [2.24, 2.45) is 0 Å². The normalized spacial score (nSPS) is 25.2. The van der Waals surface area contributed by atoms with Crippen molar-refractivity contribution >= 4 is 11.8 Å². The minimum absolute atomic E-state index is 0.0933. The van der Waals surface area contributed by atoms with Crippen LogP contribution in [0.3, 0.4) is 0 Å². The van der Waals surface area contributed by atoms with Crippen LogP contribution in [0.5, 0.6) is 0 Å². The van der Waals surface area contributed by atoms with Crippen LogP contribution >= 0.6 is 0 Å². The monoisotopic (exact) mass is 330 g/mol. The Labute approximate surface area is 142 Å². The number of likely N-dealkylation sites (tertiary alicyclic amines) is 2. The number of rotatable bonds is 4. The van der Waals surface area contributed by atoms with E-state index in [1.807, 2.05) is 20.5 Å². The van der Waals surface area contributed by atoms with Crippen LogP contribution < -0.4 is 0 Å². The number of nitrogens with zero attached hydrogens (tertiary/aromatic N) is 4. The van der Waals surface area contributed by atoms with E-state index in [1.54, 1.807) is 6.20 Å². The molecule has 0 spiro atoms. The third-order valence-electron chi connectivity index (χ3n) is 5.80. The fourth-order valence-electron chi connectivity index (χ4n) is 4.16. The molecule has 1 aromatic heterocycles. The van der Waals surface area contributed by atoms with Crippen LogP contribution in [0.15, 0.2) is 12.3 Å². The fraction of sp³-hybridized carbons (Fsp3) is 0.722. The fourth-order valence-corrected chi connectivity index (χ4v) is 4.16. The van der Waals surface area contributed by atoms with Gasteiger partial charge in [0.05, 0.1) is 6.04 Å². The first kappa shape index (κ1) is 15.7. The second-order valence-electron chi connectivity index (χ2n) is 7.34. The van der Waals surface area contributed by atoms with E-state index in [1.165, 1.54) is 6.42 Å². The van der Waals surface area contributed by atoms with Gasteiger partial charge in [0, 0.05) is 38.3 Å². The third kappa shape index (κ3) is 2.82. The zero-order valence-electron chi connectivity index (χ0n) is 14.2. The van der Waals surface area contributed by atoms with Crippen molar-refractivity contribution in [3.05, 3.63) is 18.0 Å². The highest BCUT2D eigenvalue weighted by molar-refractivity contribution is 5.93. The van der Waals surface area contributed by atoms with Crippen molar-refractivity contribution in [2.75, 3.05) is 19.6 Å². The maximum atomic E-state index is 13.2. The van der Waals surface area contributed by atoms with E-state index >= 15 is 0 Å². The van der Waals surface area contributed by atoms with Gasteiger partial charge in [0.2, 0.25) is 5.91 Å². The summed E-state index contributed by atoms with van der Waals surface area (Å²) in [6.45, 7) is 2.33. The number of carbonyl (C=O) groups is 2. The molecular weight excluding hydrogens is 304 g/mol. The predicted molar refractivity (Wildman–Crippen MR) is 89.6 cm³/mol. The van der Waals surface area contributed by atoms with Crippen LogP contribution in [0.1, 0.15) is 67.9 Å². The summed E-state index contributed by atoms with van der Waals surface area (Å²) in [6, 6.07) is 2.40. The molecule has 1 aromatic rings. The number of amides is 2. The Morgan fingerprint density at radius 2 is 2.00 bits per heavy atom. The SMILES string of the molecule is O=C1CCCN1CC1CCCCN1C(=O)c1ccnn1C1CCC1. The Morgan fingerprint density at radius 1 is 1.12 bits per heavy atom. The van der Waals surface area contributed by atoms with Gasteiger partial charge < -0.3 is 9.80 Å². The van der Waals surface area contributed by atoms with Crippen LogP contribution in [0, 0.1) is 0 Å². The van der Waals surface area contributed by atoms with Crippen LogP contribution in [0.4, 0.5) is 0 Å². The van der Waals surface area contributed by atoms with E-state index in [9.17, 15) is 9.59 Å². The van der Waals surface area contributed by atoms with E-state index in [-0.39, 0.29) is 17.9 Å². The summed E-state index contributed by atoms with van der Waals surface area (Å²) in [5, 5.41) is 4.40. The lowest BCUT2D eigenvalue weighted by molar-refractivity contribution is -0.128. The molecule has 0 radical (unpaired) electrons. The van der Waals surface area contributed by atoms with E-state index in [4.69, 9.17) is 0 Å². The molecule has 1 saturated carbocycles. The summed E-state index contributed by atoms with van der Waals surface area (Å²) in [6.07, 6.45) is 10.00. The summed E-state index contributed by atoms with van der Waals surface area (Å²) >= 11 is 0. The standard InChI is InChI=1S/C18H26N4O2/c23-17-8-4-11-20(17)13-15-5-1-2-12-21(15)18(24)16-9-10-19-22(16)14-6-3-7-14/h9-10,14-15H,1-8,11-13H2. The largest absolute Gasteiger partial charge is 0.341 e. The number of hydrogen-bond donors (Lipinski definition) is 0. The zero-order valence-corrected chi connectivity index (χ0v) is 14.2. The van der Waals surface area contributed by atoms with E-state index in [2.05, 4.69) is 5.10 Å². The number of aromatic nitrogens is 2. The van der Waals surface area contributed by atoms with Gasteiger partial charge in [-0.15, -0.1) is 0 Å². The predicted octanol–water partition coefficient (Wildman–Crippen LogP) is 2.23. The molecule has 24 heavy (non-hydrogen) atoms. The summed E-state index contributed by atoms with van der Waals surface area (Å²) < 4.78 is 1.93. The molecule has 4 rings (SSSR count). The van der Waals surface area contributed by atoms with Gasteiger partial charge in [0.15, 0.2) is 0 Å². The van der Waals surface area contributed by atoms with Gasteiger partial charge >= 0.3 is 0 Å². The Kier molecular flexibility index (Phi) is 4.29. The van der Waals surface area contributed by atoms with E-state index < -0.39 is 0 Å². The second kappa shape index (κ2) is 6.57. The molecule has 6 nitrogen and oxygen atoms in total. The molecule has 0 aromatic carbocycles. The minimum atomic E-state index is 0.0933. The van der Waals surface area contributed by atoms with Gasteiger partial charge in [0.1, 0.15) is 5.69 Å². The molecule has 3 fully saturated rings. The van der Waals surface area contributed by atoms with Gasteiger partial charge in [0.25, 0.3) is 5.91 Å². The lowest BCUT2D eigenvalue weighted by Gasteiger charge is -2.38. The highest BCUT2D eigenvalue weighted by atomic mass is 16.2. The summed E-state index contributed by atoms with van der Waals surface area (Å²) in [5.41, 5.74) is 0.722. The Hall–Kier alpha value is -1.85. The first-order valence-electron chi connectivity index (χ1n) is 9.36. The Bertz CT molecular complexity index is 622. The number of hydrogen-bond acceptors (Lipinski definition) is 3. The van der Waals surface area contributed by atoms with Crippen LogP contribution in [0.25, 0.3) is 0 Å². The van der Waals surface area contributed by atoms with Crippen LogP contribution in [0.2, 0.25) is 0 Å². The van der Waals surface area contributed by atoms with Crippen molar-refractivity contribution in [1.82, 2.24) is 19.6 Å². The number of carbonyl (C=O) groups excluding carboxylic acids is 2. The Morgan fingerprint density at radius 3 is 2.71 bits per heavy atom. The average Bonchev–Trinajstić information content (AvgIpc) is 3.16. The molecule has 0 N–H and O–H groups in total. The smallest absolute Gasteiger partial charge is 0.272 e. The maximum Gasteiger partial charge on any atom is 0.272 e. The highest BCUT2D eigenvalue weighted by Crippen LogP contribution is 2.32. The molecular formula is C18H26N4O2. The minimum Gasteiger partial charge on any atom is -0.341 e. The molecule has 1 atom stereocenters. The van der Waals surface area contributed by atoms with Crippen molar-refractivity contribution in [1.29, 1.82) is 0 Å². The quantitative estimate of drug-likeness (QED) is 0.850. The molecule has 3 aliphatic rings. The first-order valence-corrected chi connectivity index (χ1v) is 9.36. The van der Waals surface area contributed by atoms with Crippen molar-refractivity contribution in [3.63, 3.8) is 0 Å².